The highest BCUT2D eigenvalue weighted by atomic mass is 32.2. The van der Waals surface area contributed by atoms with Gasteiger partial charge in [0.05, 0.1) is 23.3 Å². The van der Waals surface area contributed by atoms with Crippen LogP contribution in [0.2, 0.25) is 0 Å². The van der Waals surface area contributed by atoms with Crippen LogP contribution in [0.5, 0.6) is 11.5 Å². The fourth-order valence-corrected chi connectivity index (χ4v) is 4.01. The third-order valence-electron chi connectivity index (χ3n) is 4.79. The highest BCUT2D eigenvalue weighted by Gasteiger charge is 2.37. The summed E-state index contributed by atoms with van der Waals surface area (Å²) in [5, 5.41) is 11.4. The smallest absolute Gasteiger partial charge is 0.416 e. The summed E-state index contributed by atoms with van der Waals surface area (Å²) < 4.78 is 43.9. The standard InChI is InChI=1S/C22H19F3N2O5S/c1-11-6-13(7-12(2)19(11)29)8-17-20(30)27(21(31)33-17)10-18(28)26-15-9-14(22(23,24)25)4-5-16(15)32-3/h4-9,29H,10H2,1-3H3,(H,26,28)/b17-8-. The number of aryl methyl sites for hydroxylation is 2. The zero-order valence-corrected chi connectivity index (χ0v) is 18.6. The zero-order chi connectivity index (χ0) is 24.5. The summed E-state index contributed by atoms with van der Waals surface area (Å²) in [6.07, 6.45) is -3.16. The molecule has 0 radical (unpaired) electrons. The van der Waals surface area contributed by atoms with Crippen LogP contribution in [-0.2, 0) is 15.8 Å². The van der Waals surface area contributed by atoms with Gasteiger partial charge in [0.15, 0.2) is 0 Å². The molecule has 1 aliphatic heterocycles. The summed E-state index contributed by atoms with van der Waals surface area (Å²) in [6.45, 7) is 2.70. The molecule has 2 N–H and O–H groups in total. The van der Waals surface area contributed by atoms with E-state index in [0.717, 1.165) is 12.1 Å². The highest BCUT2D eigenvalue weighted by Crippen LogP contribution is 2.36. The number of nitrogens with zero attached hydrogens (tertiary/aromatic N) is 1. The molecular weight excluding hydrogens is 461 g/mol. The number of phenolic OH excluding ortho intramolecular Hbond substituents is 1. The zero-order valence-electron chi connectivity index (χ0n) is 17.7. The van der Waals surface area contributed by atoms with Gasteiger partial charge in [0, 0.05) is 0 Å². The summed E-state index contributed by atoms with van der Waals surface area (Å²) >= 11 is 0.637. The van der Waals surface area contributed by atoms with Crippen molar-refractivity contribution < 1.29 is 37.4 Å². The van der Waals surface area contributed by atoms with Crippen molar-refractivity contribution in [2.45, 2.75) is 20.0 Å². The van der Waals surface area contributed by atoms with E-state index in [-0.39, 0.29) is 22.1 Å². The third kappa shape index (κ3) is 5.30. The Balaban J connectivity index is 1.77. The Morgan fingerprint density at radius 2 is 1.82 bits per heavy atom. The van der Waals surface area contributed by atoms with E-state index in [0.29, 0.717) is 39.4 Å². The van der Waals surface area contributed by atoms with E-state index in [9.17, 15) is 32.7 Å². The topological polar surface area (TPSA) is 95.9 Å². The molecule has 1 heterocycles. The fourth-order valence-electron chi connectivity index (χ4n) is 3.18. The molecule has 0 bridgehead atoms. The number of aromatic hydroxyl groups is 1. The van der Waals surface area contributed by atoms with Crippen LogP contribution in [0.3, 0.4) is 0 Å². The molecule has 174 valence electrons. The van der Waals surface area contributed by atoms with Gasteiger partial charge in [0.2, 0.25) is 5.91 Å². The normalized spacial score (nSPS) is 15.3. The lowest BCUT2D eigenvalue weighted by atomic mass is 10.1. The predicted molar refractivity (Wildman–Crippen MR) is 117 cm³/mol. The van der Waals surface area contributed by atoms with E-state index in [1.54, 1.807) is 26.0 Å². The van der Waals surface area contributed by atoms with Crippen molar-refractivity contribution in [2.24, 2.45) is 0 Å². The fraction of sp³-hybridized carbons (Fsp3) is 0.227. The maximum atomic E-state index is 13.0. The molecule has 1 fully saturated rings. The number of phenols is 1. The van der Waals surface area contributed by atoms with Gasteiger partial charge in [-0.05, 0) is 78.7 Å². The Bertz CT molecular complexity index is 1150. The highest BCUT2D eigenvalue weighted by molar-refractivity contribution is 8.18. The largest absolute Gasteiger partial charge is 0.507 e. The first-order chi connectivity index (χ1) is 15.4. The number of hydrogen-bond donors (Lipinski definition) is 2. The first-order valence-electron chi connectivity index (χ1n) is 9.51. The van der Waals surface area contributed by atoms with Gasteiger partial charge in [-0.2, -0.15) is 13.2 Å². The molecule has 7 nitrogen and oxygen atoms in total. The second kappa shape index (κ2) is 9.18. The number of ether oxygens (including phenoxy) is 1. The molecule has 2 aromatic carbocycles. The number of carbonyl (C=O) groups excluding carboxylic acids is 3. The number of halogens is 3. The minimum atomic E-state index is -4.63. The quantitative estimate of drug-likeness (QED) is 0.602. The molecule has 33 heavy (non-hydrogen) atoms. The molecule has 1 aliphatic rings. The maximum Gasteiger partial charge on any atom is 0.416 e. The van der Waals surface area contributed by atoms with Crippen molar-refractivity contribution in [3.63, 3.8) is 0 Å². The van der Waals surface area contributed by atoms with Gasteiger partial charge in [-0.3, -0.25) is 19.3 Å². The summed E-state index contributed by atoms with van der Waals surface area (Å²) in [5.41, 5.74) is 0.540. The minimum absolute atomic E-state index is 0.0107. The van der Waals surface area contributed by atoms with Crippen molar-refractivity contribution in [1.82, 2.24) is 4.90 Å². The molecule has 0 atom stereocenters. The van der Waals surface area contributed by atoms with Gasteiger partial charge in [0.1, 0.15) is 18.0 Å². The third-order valence-corrected chi connectivity index (χ3v) is 5.69. The summed E-state index contributed by atoms with van der Waals surface area (Å²) in [5.74, 6) is -1.46. The van der Waals surface area contributed by atoms with Crippen LogP contribution < -0.4 is 10.1 Å². The molecule has 0 aliphatic carbocycles. The number of amides is 3. The van der Waals surface area contributed by atoms with E-state index in [4.69, 9.17) is 4.74 Å². The number of methoxy groups -OCH3 is 1. The summed E-state index contributed by atoms with van der Waals surface area (Å²) in [7, 11) is 1.23. The number of nitrogens with one attached hydrogen (secondary N) is 1. The molecule has 3 rings (SSSR count). The molecule has 0 spiro atoms. The number of thioether (sulfide) groups is 1. The molecule has 2 aromatic rings. The first kappa shape index (κ1) is 24.2. The van der Waals surface area contributed by atoms with Gasteiger partial charge >= 0.3 is 6.18 Å². The molecule has 1 saturated heterocycles. The average Bonchev–Trinajstić information content (AvgIpc) is 2.98. The summed E-state index contributed by atoms with van der Waals surface area (Å²) in [6, 6.07) is 5.86. The Morgan fingerprint density at radius 3 is 2.39 bits per heavy atom. The van der Waals surface area contributed by atoms with E-state index in [1.807, 2.05) is 0 Å². The van der Waals surface area contributed by atoms with E-state index < -0.39 is 35.3 Å². The Kier molecular flexibility index (Phi) is 6.73. The Hall–Kier alpha value is -3.47. The average molecular weight is 480 g/mol. The van der Waals surface area contributed by atoms with Crippen LogP contribution in [0.4, 0.5) is 23.7 Å². The lowest BCUT2D eigenvalue weighted by Crippen LogP contribution is -2.36. The van der Waals surface area contributed by atoms with Crippen molar-refractivity contribution >= 4 is 40.6 Å². The van der Waals surface area contributed by atoms with Crippen molar-refractivity contribution in [3.8, 4) is 11.5 Å². The van der Waals surface area contributed by atoms with Gasteiger partial charge in [-0.1, -0.05) is 0 Å². The lowest BCUT2D eigenvalue weighted by Gasteiger charge is -2.16. The van der Waals surface area contributed by atoms with Crippen LogP contribution in [0, 0.1) is 13.8 Å². The number of rotatable bonds is 5. The Labute approximate surface area is 191 Å². The van der Waals surface area contributed by atoms with Gasteiger partial charge in [-0.25, -0.2) is 0 Å². The second-order valence-corrected chi connectivity index (χ2v) is 8.23. The number of carbonyl (C=O) groups is 3. The molecule has 0 unspecified atom stereocenters. The van der Waals surface area contributed by atoms with Crippen LogP contribution in [0.1, 0.15) is 22.3 Å². The van der Waals surface area contributed by atoms with Crippen molar-refractivity contribution in [1.29, 1.82) is 0 Å². The first-order valence-corrected chi connectivity index (χ1v) is 10.3. The monoisotopic (exact) mass is 480 g/mol. The van der Waals surface area contributed by atoms with E-state index in [2.05, 4.69) is 5.32 Å². The van der Waals surface area contributed by atoms with Crippen LogP contribution in [0.15, 0.2) is 35.2 Å². The predicted octanol–water partition coefficient (Wildman–Crippen LogP) is 4.71. The summed E-state index contributed by atoms with van der Waals surface area (Å²) in [4.78, 5) is 38.2. The maximum absolute atomic E-state index is 13.0. The molecule has 3 amide bonds. The number of alkyl halides is 3. The van der Waals surface area contributed by atoms with Gasteiger partial charge in [-0.15, -0.1) is 0 Å². The van der Waals surface area contributed by atoms with Crippen LogP contribution in [0.25, 0.3) is 6.08 Å². The van der Waals surface area contributed by atoms with E-state index >= 15 is 0 Å². The number of hydrogen-bond acceptors (Lipinski definition) is 6. The van der Waals surface area contributed by atoms with Gasteiger partial charge < -0.3 is 15.2 Å². The number of anilines is 1. The second-order valence-electron chi connectivity index (χ2n) is 7.23. The molecule has 0 aromatic heterocycles. The van der Waals surface area contributed by atoms with E-state index in [1.165, 1.54) is 13.2 Å². The van der Waals surface area contributed by atoms with Crippen molar-refractivity contribution in [3.05, 3.63) is 57.5 Å². The molecule has 0 saturated carbocycles. The van der Waals surface area contributed by atoms with Crippen LogP contribution in [-0.4, -0.2) is 40.7 Å². The number of benzene rings is 2. The van der Waals surface area contributed by atoms with Gasteiger partial charge in [0.25, 0.3) is 11.1 Å². The lowest BCUT2D eigenvalue weighted by molar-refractivity contribution is -0.137. The Morgan fingerprint density at radius 1 is 1.18 bits per heavy atom. The van der Waals surface area contributed by atoms with Crippen molar-refractivity contribution in [2.75, 3.05) is 19.0 Å². The molecule has 11 heteroatoms. The number of imide groups is 1. The van der Waals surface area contributed by atoms with Crippen LogP contribution >= 0.6 is 11.8 Å². The minimum Gasteiger partial charge on any atom is -0.507 e. The SMILES string of the molecule is COc1ccc(C(F)(F)F)cc1NC(=O)CN1C(=O)S/C(=C\c2cc(C)c(O)c(C)c2)C1=O. The molecular formula is C22H19F3N2O5S.